The fraction of sp³-hybridized carbons (Fsp3) is 0.500. The third-order valence-electron chi connectivity index (χ3n) is 1.89. The third-order valence-corrected chi connectivity index (χ3v) is 1.89. The van der Waals surface area contributed by atoms with Crippen LogP contribution < -0.4 is 5.32 Å². The van der Waals surface area contributed by atoms with Crippen LogP contribution in [0.25, 0.3) is 0 Å². The van der Waals surface area contributed by atoms with Crippen molar-refractivity contribution in [2.75, 3.05) is 0 Å². The van der Waals surface area contributed by atoms with Gasteiger partial charge >= 0.3 is 53.4 Å². The van der Waals surface area contributed by atoms with E-state index in [9.17, 15) is 19.2 Å². The summed E-state index contributed by atoms with van der Waals surface area (Å²) in [6.07, 6.45) is -3.37. The van der Waals surface area contributed by atoms with E-state index in [-0.39, 0.29) is 29.6 Å². The first-order valence-electron chi connectivity index (χ1n) is 4.51. The van der Waals surface area contributed by atoms with E-state index in [1.165, 1.54) is 0 Å². The van der Waals surface area contributed by atoms with Gasteiger partial charge in [0.05, 0.1) is 6.42 Å². The fourth-order valence-electron chi connectivity index (χ4n) is 1.05. The summed E-state index contributed by atoms with van der Waals surface area (Å²) in [6.45, 7) is 0. The van der Waals surface area contributed by atoms with Gasteiger partial charge in [0.2, 0.25) is 0 Å². The van der Waals surface area contributed by atoms with Crippen molar-refractivity contribution in [2.45, 2.75) is 24.6 Å². The van der Waals surface area contributed by atoms with Crippen molar-refractivity contribution in [2.24, 2.45) is 0 Å². The molecule has 0 saturated heterocycles. The van der Waals surface area contributed by atoms with Gasteiger partial charge in [-0.05, 0) is 0 Å². The molecule has 0 heterocycles. The Morgan fingerprint density at radius 2 is 1.37 bits per heavy atom. The van der Waals surface area contributed by atoms with Gasteiger partial charge in [-0.25, -0.2) is 4.79 Å². The van der Waals surface area contributed by atoms with Crippen molar-refractivity contribution in [1.29, 1.82) is 0 Å². The average Bonchev–Trinajstić information content (AvgIpc) is 2.21. The summed E-state index contributed by atoms with van der Waals surface area (Å²) in [6, 6.07) is -3.97. The van der Waals surface area contributed by atoms with Crippen molar-refractivity contribution in [3.05, 3.63) is 0 Å². The molecule has 19 heavy (non-hydrogen) atoms. The van der Waals surface area contributed by atoms with E-state index < -0.39 is 48.5 Å². The summed E-state index contributed by atoms with van der Waals surface area (Å²) < 4.78 is 0. The summed E-state index contributed by atoms with van der Waals surface area (Å²) >= 11 is 0. The molecule has 0 rings (SSSR count). The maximum absolute atomic E-state index is 10.7. The van der Waals surface area contributed by atoms with Gasteiger partial charge in [0, 0.05) is 0 Å². The number of aliphatic hydroxyl groups excluding tert-OH is 1. The van der Waals surface area contributed by atoms with Crippen molar-refractivity contribution in [1.82, 2.24) is 5.32 Å². The zero-order valence-electron chi connectivity index (χ0n) is 8.81. The molecule has 6 N–H and O–H groups in total. The molecule has 0 aliphatic carbocycles. The fourth-order valence-corrected chi connectivity index (χ4v) is 1.05. The van der Waals surface area contributed by atoms with Crippen LogP contribution in [0.3, 0.4) is 0 Å². The SMILES string of the molecule is O=C(O)C[C@H](NC(C(=O)O)C(O)C(=O)O)C(=O)O.[NaH]. The van der Waals surface area contributed by atoms with E-state index in [1.54, 1.807) is 5.32 Å². The molecule has 0 aromatic rings. The van der Waals surface area contributed by atoms with Crippen LogP contribution in [0.15, 0.2) is 0 Å². The summed E-state index contributed by atoms with van der Waals surface area (Å²) in [5, 5.41) is 44.9. The van der Waals surface area contributed by atoms with Gasteiger partial charge in [0.25, 0.3) is 0 Å². The summed E-state index contributed by atoms with van der Waals surface area (Å²) in [4.78, 5) is 42.0. The Bertz CT molecular complexity index is 371. The first-order valence-corrected chi connectivity index (χ1v) is 4.51. The van der Waals surface area contributed by atoms with Crippen LogP contribution in [0.1, 0.15) is 6.42 Å². The van der Waals surface area contributed by atoms with Crippen LogP contribution in [-0.4, -0.2) is 97.2 Å². The minimum atomic E-state index is -2.40. The molecule has 0 aromatic heterocycles. The summed E-state index contributed by atoms with van der Waals surface area (Å²) in [5.41, 5.74) is 0. The van der Waals surface area contributed by atoms with Gasteiger partial charge in [0.15, 0.2) is 6.10 Å². The maximum atomic E-state index is 10.7. The molecule has 11 heteroatoms. The Balaban J connectivity index is 0. The molecule has 0 amide bonds. The van der Waals surface area contributed by atoms with Gasteiger partial charge in [-0.3, -0.25) is 19.7 Å². The van der Waals surface area contributed by atoms with E-state index >= 15 is 0 Å². The van der Waals surface area contributed by atoms with Gasteiger partial charge in [0.1, 0.15) is 12.1 Å². The zero-order valence-corrected chi connectivity index (χ0v) is 8.81. The Morgan fingerprint density at radius 3 is 1.63 bits per heavy atom. The second kappa shape index (κ2) is 8.82. The molecule has 0 aliphatic heterocycles. The van der Waals surface area contributed by atoms with Crippen LogP contribution in [-0.2, 0) is 19.2 Å². The van der Waals surface area contributed by atoms with E-state index in [2.05, 4.69) is 0 Å². The van der Waals surface area contributed by atoms with E-state index in [1.807, 2.05) is 0 Å². The van der Waals surface area contributed by atoms with Crippen molar-refractivity contribution in [3.8, 4) is 0 Å². The molecule has 2 unspecified atom stereocenters. The Morgan fingerprint density at radius 1 is 0.895 bits per heavy atom. The Kier molecular flexibility index (Phi) is 9.35. The van der Waals surface area contributed by atoms with Gasteiger partial charge in [-0.2, -0.15) is 0 Å². The first-order chi connectivity index (χ1) is 8.16. The second-order valence-electron chi connectivity index (χ2n) is 3.25. The van der Waals surface area contributed by atoms with Crippen LogP contribution >= 0.6 is 0 Å². The number of aliphatic hydroxyl groups is 1. The normalized spacial score (nSPS) is 14.6. The Hall–Kier alpha value is -1.20. The summed E-state index contributed by atoms with van der Waals surface area (Å²) in [7, 11) is 0. The van der Waals surface area contributed by atoms with Gasteiger partial charge < -0.3 is 25.5 Å². The standard InChI is InChI=1S/C8H11NO9.Na.H/c10-3(11)1-2(6(13)14)9-4(7(15)16)5(12)8(17)18;;/h2,4-5,9,12H,1H2,(H,10,11)(H,13,14)(H,15,16)(H,17,18);;/t2-,4?,5?;;/m0../s1. The van der Waals surface area contributed by atoms with Gasteiger partial charge in [-0.15, -0.1) is 0 Å². The molecule has 0 aromatic carbocycles. The average molecular weight is 289 g/mol. The molecule has 0 bridgehead atoms. The topological polar surface area (TPSA) is 181 Å². The first kappa shape index (κ1) is 20.1. The third kappa shape index (κ3) is 7.08. The number of carboxylic acids is 4. The molecule has 0 fully saturated rings. The van der Waals surface area contributed by atoms with E-state index in [0.717, 1.165) is 0 Å². The summed E-state index contributed by atoms with van der Waals surface area (Å²) in [5.74, 6) is -6.90. The molecule has 10 nitrogen and oxygen atoms in total. The molecular formula is C8H12NNaO9. The zero-order chi connectivity index (χ0) is 14.5. The van der Waals surface area contributed by atoms with Crippen LogP contribution in [0.2, 0.25) is 0 Å². The van der Waals surface area contributed by atoms with Crippen molar-refractivity contribution >= 4 is 53.4 Å². The van der Waals surface area contributed by atoms with Crippen molar-refractivity contribution in [3.63, 3.8) is 0 Å². The predicted octanol–water partition coefficient (Wildman–Crippen LogP) is -3.25. The Labute approximate surface area is 128 Å². The minimum absolute atomic E-state index is 0. The van der Waals surface area contributed by atoms with Crippen molar-refractivity contribution < 1.29 is 44.7 Å². The number of hydrogen-bond acceptors (Lipinski definition) is 6. The number of carboxylic acid groups (broad SMARTS) is 4. The van der Waals surface area contributed by atoms with Crippen LogP contribution in [0.4, 0.5) is 0 Å². The molecular weight excluding hydrogens is 277 g/mol. The van der Waals surface area contributed by atoms with Gasteiger partial charge in [-0.1, -0.05) is 0 Å². The van der Waals surface area contributed by atoms with E-state index in [0.29, 0.717) is 0 Å². The van der Waals surface area contributed by atoms with Crippen LogP contribution in [0.5, 0.6) is 0 Å². The molecule has 0 spiro atoms. The number of nitrogens with one attached hydrogen (secondary N) is 1. The quantitative estimate of drug-likeness (QED) is 0.248. The monoisotopic (exact) mass is 289 g/mol. The predicted molar refractivity (Wildman–Crippen MR) is 59.0 cm³/mol. The molecule has 0 aliphatic rings. The molecule has 104 valence electrons. The number of aliphatic carboxylic acids is 4. The molecule has 0 saturated carbocycles. The number of carbonyl (C=O) groups is 4. The number of rotatable bonds is 8. The number of hydrogen-bond donors (Lipinski definition) is 6. The molecule has 0 radical (unpaired) electrons. The molecule has 3 atom stereocenters. The van der Waals surface area contributed by atoms with Crippen LogP contribution in [0, 0.1) is 0 Å². The second-order valence-corrected chi connectivity index (χ2v) is 3.25. The van der Waals surface area contributed by atoms with E-state index in [4.69, 9.17) is 25.5 Å².